The van der Waals surface area contributed by atoms with E-state index in [2.05, 4.69) is 16.3 Å². The molecule has 1 aliphatic heterocycles. The number of hydrogen-bond donors (Lipinski definition) is 6. The van der Waals surface area contributed by atoms with Crippen LogP contribution in [-0.4, -0.2) is 31.9 Å². The topological polar surface area (TPSA) is 120 Å². The highest BCUT2D eigenvalue weighted by Gasteiger charge is 2.32. The van der Waals surface area contributed by atoms with E-state index in [0.717, 1.165) is 6.07 Å². The Balaban J connectivity index is 1.81. The number of hydroxylamine groups is 1. The largest absolute Gasteiger partial charge is 0.508 e. The van der Waals surface area contributed by atoms with Crippen molar-refractivity contribution in [2.75, 3.05) is 5.32 Å². The van der Waals surface area contributed by atoms with Crippen molar-refractivity contribution in [1.82, 2.24) is 21.4 Å². The van der Waals surface area contributed by atoms with Crippen LogP contribution >= 0.6 is 0 Å². The molecule has 0 radical (unpaired) electrons. The standard InChI is InChI=1S/C15H14F3N5O4/c16-15(17,18)10-4-9(6-12(24)7-10)14(25)19-11-3-1-2-8(5-11)13-20-21-23(27)22(13)26/h1-7,13,20-21,24,26-27H,(H,19,25). The van der Waals surface area contributed by atoms with E-state index in [4.69, 9.17) is 0 Å². The zero-order chi connectivity index (χ0) is 19.8. The van der Waals surface area contributed by atoms with Gasteiger partial charge in [0.05, 0.1) is 5.56 Å². The first-order valence-electron chi connectivity index (χ1n) is 7.46. The van der Waals surface area contributed by atoms with Gasteiger partial charge in [0.1, 0.15) is 11.9 Å². The number of carbonyl (C=O) groups excluding carboxylic acids is 1. The lowest BCUT2D eigenvalue weighted by Gasteiger charge is -2.18. The number of halogens is 3. The fourth-order valence-electron chi connectivity index (χ4n) is 2.45. The summed E-state index contributed by atoms with van der Waals surface area (Å²) in [6.07, 6.45) is -5.60. The van der Waals surface area contributed by atoms with Crippen LogP contribution in [0, 0.1) is 0 Å². The summed E-state index contributed by atoms with van der Waals surface area (Å²) in [4.78, 5) is 12.3. The maximum absolute atomic E-state index is 12.8. The minimum absolute atomic E-state index is 0.223. The van der Waals surface area contributed by atoms with Gasteiger partial charge in [-0.25, -0.2) is 5.43 Å². The average Bonchev–Trinajstić information content (AvgIpc) is 2.93. The van der Waals surface area contributed by atoms with Gasteiger partial charge in [0.2, 0.25) is 0 Å². The Kier molecular flexibility index (Phi) is 5.01. The second-order valence-corrected chi connectivity index (χ2v) is 5.61. The molecule has 2 aromatic rings. The third kappa shape index (κ3) is 4.16. The van der Waals surface area contributed by atoms with Gasteiger partial charge < -0.3 is 10.4 Å². The first kappa shape index (κ1) is 19.0. The molecule has 1 unspecified atom stereocenters. The Morgan fingerprint density at radius 2 is 1.89 bits per heavy atom. The number of aromatic hydroxyl groups is 1. The molecule has 27 heavy (non-hydrogen) atoms. The molecule has 1 heterocycles. The molecule has 1 fully saturated rings. The van der Waals surface area contributed by atoms with Crippen molar-refractivity contribution in [2.24, 2.45) is 0 Å². The van der Waals surface area contributed by atoms with E-state index in [-0.39, 0.29) is 11.3 Å². The first-order valence-corrected chi connectivity index (χ1v) is 7.46. The summed E-state index contributed by atoms with van der Waals surface area (Å²) < 4.78 is 38.5. The summed E-state index contributed by atoms with van der Waals surface area (Å²) in [6.45, 7) is 0. The van der Waals surface area contributed by atoms with Crippen LogP contribution in [0.25, 0.3) is 0 Å². The highest BCUT2D eigenvalue weighted by molar-refractivity contribution is 6.04. The molecule has 0 aromatic heterocycles. The highest BCUT2D eigenvalue weighted by Crippen LogP contribution is 2.32. The molecule has 1 saturated heterocycles. The molecule has 0 saturated carbocycles. The Bertz CT molecular complexity index is 864. The van der Waals surface area contributed by atoms with Gasteiger partial charge in [0.25, 0.3) is 5.91 Å². The molecule has 0 bridgehead atoms. The highest BCUT2D eigenvalue weighted by atomic mass is 19.4. The number of rotatable bonds is 3. The fourth-order valence-corrected chi connectivity index (χ4v) is 2.45. The molecule has 3 rings (SSSR count). The lowest BCUT2D eigenvalue weighted by molar-refractivity contribution is -0.376. The van der Waals surface area contributed by atoms with Gasteiger partial charge in [0.15, 0.2) is 0 Å². The Labute approximate surface area is 150 Å². The smallest absolute Gasteiger partial charge is 0.416 e. The van der Waals surface area contributed by atoms with Crippen molar-refractivity contribution >= 4 is 11.6 Å². The zero-order valence-corrected chi connectivity index (χ0v) is 13.4. The summed E-state index contributed by atoms with van der Waals surface area (Å²) in [7, 11) is 0. The Morgan fingerprint density at radius 3 is 2.52 bits per heavy atom. The van der Waals surface area contributed by atoms with Crippen LogP contribution in [0.2, 0.25) is 0 Å². The number of phenolic OH excluding ortho intramolecular Hbond substituents is 1. The van der Waals surface area contributed by atoms with Crippen LogP contribution in [-0.2, 0) is 6.18 Å². The SMILES string of the molecule is O=C(Nc1cccc(C2NNN(O)N2O)c1)c1cc(O)cc(C(F)(F)F)c1. The van der Waals surface area contributed by atoms with Gasteiger partial charge in [-0.1, -0.05) is 17.3 Å². The third-order valence-corrected chi connectivity index (χ3v) is 3.69. The molecular formula is C15H14F3N5O4. The Hall–Kier alpha value is -2.74. The molecule has 2 aromatic carbocycles. The predicted octanol–water partition coefficient (Wildman–Crippen LogP) is 1.98. The number of hydrogen-bond acceptors (Lipinski definition) is 8. The van der Waals surface area contributed by atoms with E-state index in [0.29, 0.717) is 28.1 Å². The number of nitrogens with zero attached hydrogens (tertiary/aromatic N) is 2. The lowest BCUT2D eigenvalue weighted by atomic mass is 10.1. The Morgan fingerprint density at radius 1 is 1.15 bits per heavy atom. The van der Waals surface area contributed by atoms with E-state index in [9.17, 15) is 33.5 Å². The van der Waals surface area contributed by atoms with Gasteiger partial charge >= 0.3 is 6.18 Å². The van der Waals surface area contributed by atoms with Crippen molar-refractivity contribution in [1.29, 1.82) is 0 Å². The van der Waals surface area contributed by atoms with E-state index >= 15 is 0 Å². The number of nitrogens with one attached hydrogen (secondary N) is 3. The fraction of sp³-hybridized carbons (Fsp3) is 0.133. The van der Waals surface area contributed by atoms with E-state index in [1.807, 2.05) is 0 Å². The molecule has 6 N–H and O–H groups in total. The third-order valence-electron chi connectivity index (χ3n) is 3.69. The number of carbonyl (C=O) groups is 1. The van der Waals surface area contributed by atoms with Crippen LogP contribution < -0.4 is 16.3 Å². The van der Waals surface area contributed by atoms with Gasteiger partial charge in [-0.2, -0.15) is 13.2 Å². The maximum atomic E-state index is 12.8. The summed E-state index contributed by atoms with van der Waals surface area (Å²) in [5.74, 6) is -1.56. The minimum atomic E-state index is -4.71. The molecule has 0 aliphatic carbocycles. The number of anilines is 1. The molecule has 9 nitrogen and oxygen atoms in total. The van der Waals surface area contributed by atoms with E-state index in [1.165, 1.54) is 18.2 Å². The van der Waals surface area contributed by atoms with Crippen molar-refractivity contribution < 1.29 is 33.5 Å². The number of hydrazine groups is 3. The first-order chi connectivity index (χ1) is 12.6. The van der Waals surface area contributed by atoms with E-state index in [1.54, 1.807) is 6.07 Å². The maximum Gasteiger partial charge on any atom is 0.416 e. The second-order valence-electron chi connectivity index (χ2n) is 5.61. The summed E-state index contributed by atoms with van der Waals surface area (Å²) in [5, 5.41) is 31.5. The molecular weight excluding hydrogens is 371 g/mol. The van der Waals surface area contributed by atoms with Crippen LogP contribution in [0.3, 0.4) is 0 Å². The quantitative estimate of drug-likeness (QED) is 0.475. The van der Waals surface area contributed by atoms with Gasteiger partial charge in [-0.15, -0.1) is 5.53 Å². The van der Waals surface area contributed by atoms with Crippen LogP contribution in [0.5, 0.6) is 5.75 Å². The summed E-state index contributed by atoms with van der Waals surface area (Å²) in [5.41, 5.74) is 3.89. The normalized spacial score (nSPS) is 18.6. The predicted molar refractivity (Wildman–Crippen MR) is 83.8 cm³/mol. The summed E-state index contributed by atoms with van der Waals surface area (Å²) in [6, 6.07) is 8.09. The van der Waals surface area contributed by atoms with Crippen LogP contribution in [0.1, 0.15) is 27.7 Å². The van der Waals surface area contributed by atoms with Crippen molar-refractivity contribution in [3.8, 4) is 5.75 Å². The van der Waals surface area contributed by atoms with Crippen LogP contribution in [0.4, 0.5) is 18.9 Å². The van der Waals surface area contributed by atoms with Gasteiger partial charge in [0, 0.05) is 11.3 Å². The molecule has 1 amide bonds. The van der Waals surface area contributed by atoms with Gasteiger partial charge in [-0.3, -0.25) is 15.2 Å². The number of benzene rings is 2. The number of phenols is 1. The van der Waals surface area contributed by atoms with Crippen LogP contribution in [0.15, 0.2) is 42.5 Å². The van der Waals surface area contributed by atoms with E-state index < -0.39 is 29.6 Å². The molecule has 1 aliphatic rings. The number of alkyl halides is 3. The average molecular weight is 385 g/mol. The lowest BCUT2D eigenvalue weighted by Crippen LogP contribution is -2.38. The number of amides is 1. The summed E-state index contributed by atoms with van der Waals surface area (Å²) >= 11 is 0. The van der Waals surface area contributed by atoms with Crippen molar-refractivity contribution in [3.63, 3.8) is 0 Å². The zero-order valence-electron chi connectivity index (χ0n) is 13.4. The second kappa shape index (κ2) is 7.11. The minimum Gasteiger partial charge on any atom is -0.508 e. The van der Waals surface area contributed by atoms with Crippen molar-refractivity contribution in [3.05, 3.63) is 59.2 Å². The molecule has 0 spiro atoms. The van der Waals surface area contributed by atoms with Gasteiger partial charge in [-0.05, 0) is 41.2 Å². The molecule has 12 heteroatoms. The molecule has 144 valence electrons. The monoisotopic (exact) mass is 385 g/mol. The molecule has 1 atom stereocenters. The van der Waals surface area contributed by atoms with Crippen molar-refractivity contribution in [2.45, 2.75) is 12.3 Å².